The Morgan fingerprint density at radius 2 is 2.10 bits per heavy atom. The number of hydrogen-bond acceptors (Lipinski definition) is 4. The normalized spacial score (nSPS) is 11.0. The molecule has 20 heavy (non-hydrogen) atoms. The summed E-state index contributed by atoms with van der Waals surface area (Å²) in [5.41, 5.74) is -0.138. The van der Waals surface area contributed by atoms with Crippen molar-refractivity contribution >= 4 is 17.6 Å². The maximum Gasteiger partial charge on any atom is 0.405 e. The van der Waals surface area contributed by atoms with Gasteiger partial charge in [0, 0.05) is 18.9 Å². The van der Waals surface area contributed by atoms with Crippen LogP contribution >= 0.6 is 0 Å². The molecule has 0 saturated carbocycles. The summed E-state index contributed by atoms with van der Waals surface area (Å²) in [5.74, 6) is -1.98. The number of alkyl halides is 3. The van der Waals surface area contributed by atoms with Crippen LogP contribution in [0.3, 0.4) is 0 Å². The topological polar surface area (TPSA) is 82.5 Å². The first-order valence-corrected chi connectivity index (χ1v) is 5.44. The van der Waals surface area contributed by atoms with E-state index in [1.54, 1.807) is 0 Å². The van der Waals surface area contributed by atoms with Gasteiger partial charge in [-0.25, -0.2) is 0 Å². The van der Waals surface area contributed by atoms with Gasteiger partial charge >= 0.3 is 12.1 Å². The van der Waals surface area contributed by atoms with Gasteiger partial charge in [-0.3, -0.25) is 14.6 Å². The fourth-order valence-electron chi connectivity index (χ4n) is 1.49. The SMILES string of the molecule is CNC(=O)c1cc(N(CC(=O)O)CC(F)(F)F)ccn1. The summed E-state index contributed by atoms with van der Waals surface area (Å²) in [6.45, 7) is -2.27. The van der Waals surface area contributed by atoms with Gasteiger partial charge in [0.05, 0.1) is 0 Å². The van der Waals surface area contributed by atoms with E-state index in [1.165, 1.54) is 13.1 Å². The van der Waals surface area contributed by atoms with Gasteiger partial charge in [-0.05, 0) is 12.1 Å². The number of aliphatic carboxylic acids is 1. The maximum atomic E-state index is 12.4. The fourth-order valence-corrected chi connectivity index (χ4v) is 1.49. The lowest BCUT2D eigenvalue weighted by Crippen LogP contribution is -2.38. The minimum atomic E-state index is -4.56. The molecule has 1 amide bonds. The summed E-state index contributed by atoms with van der Waals surface area (Å²) in [7, 11) is 1.35. The van der Waals surface area contributed by atoms with Gasteiger partial charge < -0.3 is 15.3 Å². The summed E-state index contributed by atoms with van der Waals surface area (Å²) in [6, 6.07) is 2.31. The first-order valence-electron chi connectivity index (χ1n) is 5.44. The van der Waals surface area contributed by atoms with E-state index in [4.69, 9.17) is 5.11 Å². The van der Waals surface area contributed by atoms with Crippen LogP contribution in [0.25, 0.3) is 0 Å². The Hall–Kier alpha value is -2.32. The van der Waals surface area contributed by atoms with Crippen molar-refractivity contribution in [2.45, 2.75) is 6.18 Å². The molecule has 1 aromatic heterocycles. The van der Waals surface area contributed by atoms with E-state index < -0.39 is 31.1 Å². The lowest BCUT2D eigenvalue weighted by atomic mass is 10.2. The molecule has 0 aromatic carbocycles. The molecule has 0 atom stereocenters. The predicted molar refractivity (Wildman–Crippen MR) is 63.5 cm³/mol. The largest absolute Gasteiger partial charge is 0.480 e. The molecule has 0 spiro atoms. The van der Waals surface area contributed by atoms with Gasteiger partial charge in [-0.1, -0.05) is 0 Å². The second kappa shape index (κ2) is 6.22. The molecule has 110 valence electrons. The molecule has 0 fully saturated rings. The second-order valence-corrected chi connectivity index (χ2v) is 3.84. The van der Waals surface area contributed by atoms with Crippen LogP contribution in [0.15, 0.2) is 18.3 Å². The number of carbonyl (C=O) groups excluding carboxylic acids is 1. The average Bonchev–Trinajstić information content (AvgIpc) is 2.35. The molecule has 1 heterocycles. The molecule has 0 aliphatic rings. The van der Waals surface area contributed by atoms with Crippen molar-refractivity contribution in [2.24, 2.45) is 0 Å². The van der Waals surface area contributed by atoms with Gasteiger partial charge in [0.15, 0.2) is 0 Å². The van der Waals surface area contributed by atoms with E-state index in [-0.39, 0.29) is 11.4 Å². The zero-order valence-corrected chi connectivity index (χ0v) is 10.4. The van der Waals surface area contributed by atoms with E-state index in [2.05, 4.69) is 10.3 Å². The van der Waals surface area contributed by atoms with Crippen molar-refractivity contribution in [3.63, 3.8) is 0 Å². The van der Waals surface area contributed by atoms with Crippen LogP contribution in [0.4, 0.5) is 18.9 Å². The Labute approximate surface area is 112 Å². The van der Waals surface area contributed by atoms with Gasteiger partial charge in [-0.2, -0.15) is 13.2 Å². The van der Waals surface area contributed by atoms with E-state index >= 15 is 0 Å². The number of nitrogens with one attached hydrogen (secondary N) is 1. The van der Waals surface area contributed by atoms with E-state index in [1.807, 2.05) is 0 Å². The minimum Gasteiger partial charge on any atom is -0.480 e. The second-order valence-electron chi connectivity index (χ2n) is 3.84. The highest BCUT2D eigenvalue weighted by molar-refractivity contribution is 5.93. The van der Waals surface area contributed by atoms with E-state index in [0.29, 0.717) is 4.90 Å². The van der Waals surface area contributed by atoms with Crippen LogP contribution in [0, 0.1) is 0 Å². The number of amides is 1. The Morgan fingerprint density at radius 3 is 2.60 bits per heavy atom. The number of anilines is 1. The van der Waals surface area contributed by atoms with Crippen LogP contribution in [-0.2, 0) is 4.79 Å². The molecular formula is C11H12F3N3O3. The van der Waals surface area contributed by atoms with Crippen molar-refractivity contribution in [3.8, 4) is 0 Å². The third kappa shape index (κ3) is 4.75. The number of rotatable bonds is 5. The van der Waals surface area contributed by atoms with Crippen molar-refractivity contribution in [3.05, 3.63) is 24.0 Å². The first-order chi connectivity index (χ1) is 9.23. The molecule has 0 bridgehead atoms. The van der Waals surface area contributed by atoms with Crippen molar-refractivity contribution in [2.75, 3.05) is 25.0 Å². The van der Waals surface area contributed by atoms with E-state index in [0.717, 1.165) is 12.3 Å². The molecule has 9 heteroatoms. The molecule has 6 nitrogen and oxygen atoms in total. The predicted octanol–water partition coefficient (Wildman–Crippen LogP) is 0.894. The number of carbonyl (C=O) groups is 2. The average molecular weight is 291 g/mol. The van der Waals surface area contributed by atoms with Gasteiger partial charge in [0.25, 0.3) is 5.91 Å². The van der Waals surface area contributed by atoms with Crippen molar-refractivity contribution in [1.82, 2.24) is 10.3 Å². The minimum absolute atomic E-state index is 0.0432. The smallest absolute Gasteiger partial charge is 0.405 e. The number of pyridine rings is 1. The number of halogens is 3. The molecule has 0 aliphatic heterocycles. The van der Waals surface area contributed by atoms with E-state index in [9.17, 15) is 22.8 Å². The highest BCUT2D eigenvalue weighted by Gasteiger charge is 2.32. The number of nitrogens with zero attached hydrogens (tertiary/aromatic N) is 2. The van der Waals surface area contributed by atoms with Gasteiger partial charge in [0.2, 0.25) is 0 Å². The standard InChI is InChI=1S/C11H12F3N3O3/c1-15-10(20)8-4-7(2-3-16-8)17(5-9(18)19)6-11(12,13)14/h2-4H,5-6H2,1H3,(H,15,20)(H,18,19). The Bertz CT molecular complexity index is 505. The highest BCUT2D eigenvalue weighted by Crippen LogP contribution is 2.22. The van der Waals surface area contributed by atoms with Crippen LogP contribution in [0.5, 0.6) is 0 Å². The molecule has 2 N–H and O–H groups in total. The molecular weight excluding hydrogens is 279 g/mol. The summed E-state index contributed by atoms with van der Waals surface area (Å²) in [5, 5.41) is 10.9. The van der Waals surface area contributed by atoms with Crippen LogP contribution in [-0.4, -0.2) is 48.3 Å². The number of carboxylic acids is 1. The maximum absolute atomic E-state index is 12.4. The first kappa shape index (κ1) is 15.7. The van der Waals surface area contributed by atoms with Crippen molar-refractivity contribution < 1.29 is 27.9 Å². The Morgan fingerprint density at radius 1 is 1.45 bits per heavy atom. The Balaban J connectivity index is 3.06. The van der Waals surface area contributed by atoms with Crippen molar-refractivity contribution in [1.29, 1.82) is 0 Å². The molecule has 0 saturated heterocycles. The molecule has 0 aliphatic carbocycles. The summed E-state index contributed by atoms with van der Waals surface area (Å²) >= 11 is 0. The number of hydrogen-bond donors (Lipinski definition) is 2. The van der Waals surface area contributed by atoms with Gasteiger partial charge in [0.1, 0.15) is 18.8 Å². The zero-order valence-electron chi connectivity index (χ0n) is 10.4. The molecule has 0 unspecified atom stereocenters. The third-order valence-electron chi connectivity index (χ3n) is 2.26. The fraction of sp³-hybridized carbons (Fsp3) is 0.364. The van der Waals surface area contributed by atoms with Crippen LogP contribution in [0.1, 0.15) is 10.5 Å². The van der Waals surface area contributed by atoms with Gasteiger partial charge in [-0.15, -0.1) is 0 Å². The monoisotopic (exact) mass is 291 g/mol. The quantitative estimate of drug-likeness (QED) is 0.842. The zero-order chi connectivity index (χ0) is 15.3. The van der Waals surface area contributed by atoms with Crippen LogP contribution < -0.4 is 10.2 Å². The van der Waals surface area contributed by atoms with Crippen LogP contribution in [0.2, 0.25) is 0 Å². The third-order valence-corrected chi connectivity index (χ3v) is 2.26. The summed E-state index contributed by atoms with van der Waals surface area (Å²) in [4.78, 5) is 26.3. The molecule has 1 aromatic rings. The lowest BCUT2D eigenvalue weighted by Gasteiger charge is -2.24. The molecule has 0 radical (unpaired) electrons. The number of aromatic nitrogens is 1. The Kier molecular flexibility index (Phi) is 4.89. The lowest BCUT2D eigenvalue weighted by molar-refractivity contribution is -0.136. The molecule has 1 rings (SSSR count). The summed E-state index contributed by atoms with van der Waals surface area (Å²) in [6.07, 6.45) is -3.42. The highest BCUT2D eigenvalue weighted by atomic mass is 19.4. The number of carboxylic acid groups (broad SMARTS) is 1. The summed E-state index contributed by atoms with van der Waals surface area (Å²) < 4.78 is 37.3.